The molecule has 0 unspecified atom stereocenters. The van der Waals surface area contributed by atoms with Crippen LogP contribution in [0.25, 0.3) is 0 Å². The second kappa shape index (κ2) is 7.18. The SMILES string of the molecule is CC(C)NCc1ccccc1COc1ccc(F)cc1F. The number of rotatable bonds is 6. The number of benzene rings is 2. The highest BCUT2D eigenvalue weighted by Gasteiger charge is 2.07. The van der Waals surface area contributed by atoms with Gasteiger partial charge in [0, 0.05) is 18.7 Å². The predicted molar refractivity (Wildman–Crippen MR) is 79.1 cm³/mol. The number of ether oxygens (including phenoxy) is 1. The number of halogens is 2. The summed E-state index contributed by atoms with van der Waals surface area (Å²) in [6.45, 7) is 5.13. The first-order chi connectivity index (χ1) is 10.1. The molecule has 4 heteroatoms. The summed E-state index contributed by atoms with van der Waals surface area (Å²) in [4.78, 5) is 0. The van der Waals surface area contributed by atoms with Crippen LogP contribution in [0.15, 0.2) is 42.5 Å². The smallest absolute Gasteiger partial charge is 0.167 e. The molecule has 2 aromatic rings. The van der Waals surface area contributed by atoms with Crippen LogP contribution in [0.1, 0.15) is 25.0 Å². The lowest BCUT2D eigenvalue weighted by Crippen LogP contribution is -2.22. The van der Waals surface area contributed by atoms with E-state index in [9.17, 15) is 8.78 Å². The van der Waals surface area contributed by atoms with E-state index >= 15 is 0 Å². The first-order valence-electron chi connectivity index (χ1n) is 6.94. The zero-order chi connectivity index (χ0) is 15.2. The van der Waals surface area contributed by atoms with Gasteiger partial charge in [0.05, 0.1) is 0 Å². The number of hydrogen-bond donors (Lipinski definition) is 1. The van der Waals surface area contributed by atoms with Crippen molar-refractivity contribution in [2.45, 2.75) is 33.0 Å². The molecule has 2 rings (SSSR count). The second-order valence-electron chi connectivity index (χ2n) is 5.17. The molecule has 0 atom stereocenters. The van der Waals surface area contributed by atoms with Crippen molar-refractivity contribution >= 4 is 0 Å². The molecule has 0 amide bonds. The molecule has 0 saturated heterocycles. The first kappa shape index (κ1) is 15.4. The van der Waals surface area contributed by atoms with Crippen molar-refractivity contribution in [1.82, 2.24) is 5.32 Å². The molecule has 0 spiro atoms. The molecule has 0 fully saturated rings. The largest absolute Gasteiger partial charge is 0.486 e. The summed E-state index contributed by atoms with van der Waals surface area (Å²) < 4.78 is 31.8. The first-order valence-corrected chi connectivity index (χ1v) is 6.94. The van der Waals surface area contributed by atoms with Gasteiger partial charge in [0.25, 0.3) is 0 Å². The molecule has 0 bridgehead atoms. The summed E-state index contributed by atoms with van der Waals surface area (Å²) in [5, 5.41) is 3.34. The monoisotopic (exact) mass is 291 g/mol. The highest BCUT2D eigenvalue weighted by atomic mass is 19.1. The van der Waals surface area contributed by atoms with Crippen LogP contribution in [0.5, 0.6) is 5.75 Å². The van der Waals surface area contributed by atoms with Gasteiger partial charge < -0.3 is 10.1 Å². The molecule has 0 aliphatic rings. The Morgan fingerprint density at radius 2 is 1.76 bits per heavy atom. The van der Waals surface area contributed by atoms with Crippen LogP contribution < -0.4 is 10.1 Å². The minimum Gasteiger partial charge on any atom is -0.486 e. The maximum Gasteiger partial charge on any atom is 0.167 e. The fraction of sp³-hybridized carbons (Fsp3) is 0.294. The van der Waals surface area contributed by atoms with Crippen molar-refractivity contribution in [1.29, 1.82) is 0 Å². The van der Waals surface area contributed by atoms with E-state index in [2.05, 4.69) is 19.2 Å². The van der Waals surface area contributed by atoms with Crippen molar-refractivity contribution in [3.8, 4) is 5.75 Å². The third-order valence-corrected chi connectivity index (χ3v) is 3.10. The van der Waals surface area contributed by atoms with Gasteiger partial charge in [-0.05, 0) is 23.3 Å². The fourth-order valence-corrected chi connectivity index (χ4v) is 1.93. The lowest BCUT2D eigenvalue weighted by molar-refractivity contribution is 0.288. The highest BCUT2D eigenvalue weighted by molar-refractivity contribution is 5.29. The Kier molecular flexibility index (Phi) is 5.28. The van der Waals surface area contributed by atoms with E-state index in [1.54, 1.807) is 0 Å². The van der Waals surface area contributed by atoms with E-state index in [-0.39, 0.29) is 12.4 Å². The normalized spacial score (nSPS) is 10.9. The average molecular weight is 291 g/mol. The van der Waals surface area contributed by atoms with Crippen molar-refractivity contribution in [3.05, 3.63) is 65.2 Å². The van der Waals surface area contributed by atoms with E-state index in [0.717, 1.165) is 23.7 Å². The molecule has 0 radical (unpaired) electrons. The van der Waals surface area contributed by atoms with E-state index in [1.807, 2.05) is 24.3 Å². The molecule has 0 aliphatic carbocycles. The topological polar surface area (TPSA) is 21.3 Å². The van der Waals surface area contributed by atoms with Gasteiger partial charge in [-0.1, -0.05) is 38.1 Å². The van der Waals surface area contributed by atoms with Crippen LogP contribution in [0.4, 0.5) is 8.78 Å². The molecular weight excluding hydrogens is 272 g/mol. The lowest BCUT2D eigenvalue weighted by Gasteiger charge is -2.13. The molecule has 2 aromatic carbocycles. The quantitative estimate of drug-likeness (QED) is 0.867. The van der Waals surface area contributed by atoms with E-state index in [1.165, 1.54) is 12.1 Å². The van der Waals surface area contributed by atoms with Gasteiger partial charge in [0.15, 0.2) is 11.6 Å². The van der Waals surface area contributed by atoms with Gasteiger partial charge in [-0.25, -0.2) is 8.78 Å². The summed E-state index contributed by atoms with van der Waals surface area (Å²) in [7, 11) is 0. The maximum absolute atomic E-state index is 13.5. The summed E-state index contributed by atoms with van der Waals surface area (Å²) >= 11 is 0. The van der Waals surface area contributed by atoms with E-state index in [0.29, 0.717) is 6.04 Å². The van der Waals surface area contributed by atoms with Crippen LogP contribution in [-0.4, -0.2) is 6.04 Å². The molecule has 0 aromatic heterocycles. The standard InChI is InChI=1S/C17H19F2NO/c1-12(2)20-10-13-5-3-4-6-14(13)11-21-17-8-7-15(18)9-16(17)19/h3-9,12,20H,10-11H2,1-2H3. The molecule has 0 saturated carbocycles. The summed E-state index contributed by atoms with van der Waals surface area (Å²) in [5.41, 5.74) is 2.09. The van der Waals surface area contributed by atoms with Gasteiger partial charge in [0.2, 0.25) is 0 Å². The van der Waals surface area contributed by atoms with Gasteiger partial charge in [0.1, 0.15) is 12.4 Å². The molecule has 112 valence electrons. The van der Waals surface area contributed by atoms with Crippen LogP contribution in [0.2, 0.25) is 0 Å². The number of hydrogen-bond acceptors (Lipinski definition) is 2. The Hall–Kier alpha value is -1.94. The van der Waals surface area contributed by atoms with Gasteiger partial charge in [-0.2, -0.15) is 0 Å². The van der Waals surface area contributed by atoms with E-state index in [4.69, 9.17) is 4.74 Å². The molecule has 1 N–H and O–H groups in total. The molecule has 0 heterocycles. The second-order valence-corrected chi connectivity index (χ2v) is 5.17. The third kappa shape index (κ3) is 4.53. The lowest BCUT2D eigenvalue weighted by atomic mass is 10.1. The Balaban J connectivity index is 2.05. The van der Waals surface area contributed by atoms with Crippen molar-refractivity contribution in [2.24, 2.45) is 0 Å². The maximum atomic E-state index is 13.5. The minimum atomic E-state index is -0.687. The third-order valence-electron chi connectivity index (χ3n) is 3.10. The van der Waals surface area contributed by atoms with Crippen molar-refractivity contribution < 1.29 is 13.5 Å². The minimum absolute atomic E-state index is 0.0584. The predicted octanol–water partition coefficient (Wildman–Crippen LogP) is 4.04. The molecule has 21 heavy (non-hydrogen) atoms. The van der Waals surface area contributed by atoms with Crippen molar-refractivity contribution in [3.63, 3.8) is 0 Å². The molecular formula is C17H19F2NO. The van der Waals surface area contributed by atoms with Gasteiger partial charge in [-0.3, -0.25) is 0 Å². The van der Waals surface area contributed by atoms with Crippen LogP contribution in [0.3, 0.4) is 0 Å². The fourth-order valence-electron chi connectivity index (χ4n) is 1.93. The van der Waals surface area contributed by atoms with Gasteiger partial charge >= 0.3 is 0 Å². The number of nitrogens with one attached hydrogen (secondary N) is 1. The molecule has 0 aliphatic heterocycles. The van der Waals surface area contributed by atoms with Gasteiger partial charge in [-0.15, -0.1) is 0 Å². The molecule has 2 nitrogen and oxygen atoms in total. The van der Waals surface area contributed by atoms with Crippen LogP contribution in [-0.2, 0) is 13.2 Å². The summed E-state index contributed by atoms with van der Waals surface area (Å²) in [6, 6.07) is 11.5. The Morgan fingerprint density at radius 1 is 1.05 bits per heavy atom. The van der Waals surface area contributed by atoms with Crippen molar-refractivity contribution in [2.75, 3.05) is 0 Å². The van der Waals surface area contributed by atoms with Crippen LogP contribution >= 0.6 is 0 Å². The zero-order valence-electron chi connectivity index (χ0n) is 12.2. The zero-order valence-corrected chi connectivity index (χ0v) is 12.2. The summed E-state index contributed by atoms with van der Waals surface area (Å²) in [5.74, 6) is -1.24. The highest BCUT2D eigenvalue weighted by Crippen LogP contribution is 2.20. The average Bonchev–Trinajstić information content (AvgIpc) is 2.45. The Bertz CT molecular complexity index is 599. The summed E-state index contributed by atoms with van der Waals surface area (Å²) in [6.07, 6.45) is 0. The van der Waals surface area contributed by atoms with E-state index < -0.39 is 11.6 Å². The Labute approximate surface area is 123 Å². The van der Waals surface area contributed by atoms with Crippen LogP contribution in [0, 0.1) is 11.6 Å². The Morgan fingerprint density at radius 3 is 2.43 bits per heavy atom.